The number of nitrogens with zero attached hydrogens (tertiary/aromatic N) is 1. The van der Waals surface area contributed by atoms with E-state index in [1.54, 1.807) is 0 Å². The molecule has 0 aromatic heterocycles. The second-order valence-electron chi connectivity index (χ2n) is 4.24. The van der Waals surface area contributed by atoms with Crippen LogP contribution in [-0.4, -0.2) is 31.1 Å². The Labute approximate surface area is 113 Å². The Morgan fingerprint density at radius 2 is 2.05 bits per heavy atom. The van der Waals surface area contributed by atoms with Crippen molar-refractivity contribution in [1.29, 1.82) is 0 Å². The summed E-state index contributed by atoms with van der Waals surface area (Å²) in [6.45, 7) is 0. The lowest BCUT2D eigenvalue weighted by Gasteiger charge is -2.29. The van der Waals surface area contributed by atoms with Crippen molar-refractivity contribution in [2.45, 2.75) is 6.04 Å². The zero-order chi connectivity index (χ0) is 14.9. The maximum Gasteiger partial charge on any atom is 0.337 e. The molecule has 7 heteroatoms. The van der Waals surface area contributed by atoms with Gasteiger partial charge >= 0.3 is 12.0 Å². The van der Waals surface area contributed by atoms with Crippen LogP contribution in [0.1, 0.15) is 11.6 Å². The molecule has 5 nitrogen and oxygen atoms in total. The number of ether oxygens (including phenoxy) is 1. The van der Waals surface area contributed by atoms with E-state index in [1.807, 2.05) is 0 Å². The molecule has 0 saturated heterocycles. The first-order chi connectivity index (χ1) is 9.43. The molecule has 2 rings (SSSR count). The van der Waals surface area contributed by atoms with Gasteiger partial charge in [-0.05, 0) is 17.7 Å². The van der Waals surface area contributed by atoms with Gasteiger partial charge in [-0.3, -0.25) is 0 Å². The van der Waals surface area contributed by atoms with Gasteiger partial charge in [-0.1, -0.05) is 6.07 Å². The third-order valence-corrected chi connectivity index (χ3v) is 2.93. The number of esters is 1. The fourth-order valence-electron chi connectivity index (χ4n) is 1.89. The summed E-state index contributed by atoms with van der Waals surface area (Å²) in [6, 6.07) is 1.81. The minimum Gasteiger partial charge on any atom is -0.466 e. The maximum absolute atomic E-state index is 13.3. The van der Waals surface area contributed by atoms with Crippen LogP contribution in [0.2, 0.25) is 0 Å². The second kappa shape index (κ2) is 5.28. The molecule has 20 heavy (non-hydrogen) atoms. The highest BCUT2D eigenvalue weighted by atomic mass is 19.2. The normalized spacial score (nSPS) is 18.4. The van der Waals surface area contributed by atoms with Gasteiger partial charge in [0.25, 0.3) is 0 Å². The van der Waals surface area contributed by atoms with Crippen molar-refractivity contribution in [2.75, 3.05) is 14.2 Å². The highest BCUT2D eigenvalue weighted by molar-refractivity contribution is 5.93. The molecule has 1 aromatic rings. The summed E-state index contributed by atoms with van der Waals surface area (Å²) in [5.74, 6) is -2.72. The van der Waals surface area contributed by atoms with Gasteiger partial charge in [0.1, 0.15) is 0 Å². The lowest BCUT2D eigenvalue weighted by Crippen LogP contribution is -2.43. The Kier molecular flexibility index (Phi) is 3.69. The third kappa shape index (κ3) is 2.47. The number of urea groups is 1. The van der Waals surface area contributed by atoms with Crippen LogP contribution in [0.5, 0.6) is 0 Å². The van der Waals surface area contributed by atoms with Gasteiger partial charge in [-0.2, -0.15) is 0 Å². The van der Waals surface area contributed by atoms with E-state index in [4.69, 9.17) is 0 Å². The summed E-state index contributed by atoms with van der Waals surface area (Å²) in [5.41, 5.74) is 0.377. The monoisotopic (exact) mass is 282 g/mol. The fourth-order valence-corrected chi connectivity index (χ4v) is 1.89. The van der Waals surface area contributed by atoms with Crippen molar-refractivity contribution >= 4 is 12.0 Å². The second-order valence-corrected chi connectivity index (χ2v) is 4.24. The summed E-state index contributed by atoms with van der Waals surface area (Å²) >= 11 is 0. The Bertz CT molecular complexity index is 601. The molecule has 0 unspecified atom stereocenters. The number of halogens is 2. The van der Waals surface area contributed by atoms with Gasteiger partial charge in [0, 0.05) is 13.2 Å². The average molecular weight is 282 g/mol. The molecule has 1 aliphatic heterocycles. The number of methoxy groups -OCH3 is 1. The molecule has 1 aliphatic rings. The molecule has 1 atom stereocenters. The maximum atomic E-state index is 13.3. The number of carbonyl (C=O) groups excluding carboxylic acids is 2. The molecule has 106 valence electrons. The van der Waals surface area contributed by atoms with Crippen molar-refractivity contribution in [3.63, 3.8) is 0 Å². The molecule has 0 saturated carbocycles. The Balaban J connectivity index is 2.46. The van der Waals surface area contributed by atoms with E-state index in [0.29, 0.717) is 0 Å². The zero-order valence-corrected chi connectivity index (χ0v) is 10.8. The van der Waals surface area contributed by atoms with E-state index in [-0.39, 0.29) is 11.1 Å². The zero-order valence-electron chi connectivity index (χ0n) is 10.8. The highest BCUT2D eigenvalue weighted by Crippen LogP contribution is 2.27. The van der Waals surface area contributed by atoms with E-state index >= 15 is 0 Å². The van der Waals surface area contributed by atoms with E-state index in [2.05, 4.69) is 10.1 Å². The van der Waals surface area contributed by atoms with Crippen LogP contribution >= 0.6 is 0 Å². The van der Waals surface area contributed by atoms with Crippen molar-refractivity contribution in [3.8, 4) is 0 Å². The number of amides is 2. The Morgan fingerprint density at radius 3 is 2.65 bits per heavy atom. The summed E-state index contributed by atoms with van der Waals surface area (Å²) in [6.07, 6.45) is 1.30. The molecule has 0 fully saturated rings. The third-order valence-electron chi connectivity index (χ3n) is 2.93. The van der Waals surface area contributed by atoms with Crippen molar-refractivity contribution in [2.24, 2.45) is 0 Å². The molecule has 0 radical (unpaired) electrons. The summed E-state index contributed by atoms with van der Waals surface area (Å²) in [5, 5.41) is 2.52. The molecular weight excluding hydrogens is 270 g/mol. The molecular formula is C13H12F2N2O3. The molecule has 1 N–H and O–H groups in total. The molecule has 0 spiro atoms. The van der Waals surface area contributed by atoms with E-state index in [1.165, 1.54) is 31.3 Å². The van der Waals surface area contributed by atoms with Gasteiger partial charge in [-0.15, -0.1) is 0 Å². The van der Waals surface area contributed by atoms with Crippen LogP contribution in [0.15, 0.2) is 30.0 Å². The van der Waals surface area contributed by atoms with Crippen molar-refractivity contribution in [1.82, 2.24) is 10.2 Å². The number of carbonyl (C=O) groups is 2. The van der Waals surface area contributed by atoms with Crippen molar-refractivity contribution in [3.05, 3.63) is 47.2 Å². The Hall–Kier alpha value is -2.44. The summed E-state index contributed by atoms with van der Waals surface area (Å²) < 4.78 is 30.9. The average Bonchev–Trinajstić information content (AvgIpc) is 2.43. The largest absolute Gasteiger partial charge is 0.466 e. The number of hydrogen-bond donors (Lipinski definition) is 1. The molecule has 0 bridgehead atoms. The first kappa shape index (κ1) is 14.0. The van der Waals surface area contributed by atoms with Crippen LogP contribution in [0.3, 0.4) is 0 Å². The van der Waals surface area contributed by atoms with E-state index in [0.717, 1.165) is 12.1 Å². The standard InChI is InChI=1S/C13H12F2N2O3/c1-17-6-8(12(18)20-2)11(16-13(17)19)7-3-4-9(14)10(15)5-7/h3-6,11H,1-2H3,(H,16,19)/t11-/m1/s1. The van der Waals surface area contributed by atoms with Gasteiger partial charge in [0.2, 0.25) is 0 Å². The van der Waals surface area contributed by atoms with Crippen LogP contribution in [0, 0.1) is 11.6 Å². The predicted molar refractivity (Wildman–Crippen MR) is 65.5 cm³/mol. The predicted octanol–water partition coefficient (Wildman–Crippen LogP) is 1.72. The minimum atomic E-state index is -1.06. The highest BCUT2D eigenvalue weighted by Gasteiger charge is 2.31. The Morgan fingerprint density at radius 1 is 1.35 bits per heavy atom. The SMILES string of the molecule is COC(=O)C1=CN(C)C(=O)N[C@@H]1c1ccc(F)c(F)c1. The van der Waals surface area contributed by atoms with Gasteiger partial charge in [0.15, 0.2) is 11.6 Å². The lowest BCUT2D eigenvalue weighted by molar-refractivity contribution is -0.136. The molecule has 0 aliphatic carbocycles. The van der Waals surface area contributed by atoms with Gasteiger partial charge in [-0.25, -0.2) is 18.4 Å². The lowest BCUT2D eigenvalue weighted by atomic mass is 9.97. The number of rotatable bonds is 2. The van der Waals surface area contributed by atoms with Gasteiger partial charge < -0.3 is 15.0 Å². The van der Waals surface area contributed by atoms with Gasteiger partial charge in [0.05, 0.1) is 18.7 Å². The van der Waals surface area contributed by atoms with Crippen molar-refractivity contribution < 1.29 is 23.1 Å². The van der Waals surface area contributed by atoms with E-state index < -0.39 is 29.7 Å². The van der Waals surface area contributed by atoms with E-state index in [9.17, 15) is 18.4 Å². The fraction of sp³-hybridized carbons (Fsp3) is 0.231. The first-order valence-electron chi connectivity index (χ1n) is 5.72. The smallest absolute Gasteiger partial charge is 0.337 e. The van der Waals surface area contributed by atoms with Crippen LogP contribution in [-0.2, 0) is 9.53 Å². The molecule has 1 aromatic carbocycles. The summed E-state index contributed by atoms with van der Waals surface area (Å²) in [4.78, 5) is 24.5. The quantitative estimate of drug-likeness (QED) is 0.840. The summed E-state index contributed by atoms with van der Waals surface area (Å²) in [7, 11) is 2.65. The van der Waals surface area contributed by atoms with Crippen LogP contribution in [0.25, 0.3) is 0 Å². The number of nitrogens with one attached hydrogen (secondary N) is 1. The number of hydrogen-bond acceptors (Lipinski definition) is 3. The molecule has 1 heterocycles. The topological polar surface area (TPSA) is 58.6 Å². The van der Waals surface area contributed by atoms with Crippen LogP contribution < -0.4 is 5.32 Å². The number of benzene rings is 1. The van der Waals surface area contributed by atoms with Crippen LogP contribution in [0.4, 0.5) is 13.6 Å². The first-order valence-corrected chi connectivity index (χ1v) is 5.72. The minimum absolute atomic E-state index is 0.126. The molecule has 2 amide bonds.